The number of methoxy groups -OCH3 is 4. The highest BCUT2D eigenvalue weighted by Crippen LogP contribution is 2.33. The van der Waals surface area contributed by atoms with Gasteiger partial charge in [-0.05, 0) is 35.9 Å². The molecule has 152 valence electrons. The fraction of sp³-hybridized carbons (Fsp3) is 0.238. The second kappa shape index (κ2) is 9.29. The van der Waals surface area contributed by atoms with Gasteiger partial charge in [-0.3, -0.25) is 4.79 Å². The number of nitrogens with zero attached hydrogens (tertiary/aromatic N) is 1. The SMILES string of the molecule is COc1ccc(CC(=O)Nc2nc(-c3ccc(OC)c(OC)c3)cs2)cc1OC. The molecule has 8 heteroatoms. The summed E-state index contributed by atoms with van der Waals surface area (Å²) in [6.07, 6.45) is 0.200. The Kier molecular flexibility index (Phi) is 6.56. The molecule has 0 bridgehead atoms. The number of nitrogens with one attached hydrogen (secondary N) is 1. The van der Waals surface area contributed by atoms with Crippen molar-refractivity contribution in [2.75, 3.05) is 33.8 Å². The number of thiazole rings is 1. The molecule has 0 atom stereocenters. The number of rotatable bonds is 8. The third-order valence-corrected chi connectivity index (χ3v) is 5.00. The van der Waals surface area contributed by atoms with E-state index in [1.54, 1.807) is 40.6 Å². The topological polar surface area (TPSA) is 78.9 Å². The summed E-state index contributed by atoms with van der Waals surface area (Å²) >= 11 is 1.36. The highest BCUT2D eigenvalue weighted by molar-refractivity contribution is 7.14. The lowest BCUT2D eigenvalue weighted by atomic mass is 10.1. The number of aromatic nitrogens is 1. The molecule has 0 saturated carbocycles. The van der Waals surface area contributed by atoms with E-state index in [-0.39, 0.29) is 12.3 Å². The molecule has 0 aliphatic heterocycles. The lowest BCUT2D eigenvalue weighted by Gasteiger charge is -2.09. The van der Waals surface area contributed by atoms with E-state index in [1.165, 1.54) is 11.3 Å². The lowest BCUT2D eigenvalue weighted by molar-refractivity contribution is -0.115. The van der Waals surface area contributed by atoms with E-state index < -0.39 is 0 Å². The molecular formula is C21H22N2O5S. The first-order valence-corrected chi connectivity index (χ1v) is 9.64. The molecule has 0 aliphatic rings. The third kappa shape index (κ3) is 4.78. The van der Waals surface area contributed by atoms with Crippen molar-refractivity contribution in [2.45, 2.75) is 6.42 Å². The number of hydrogen-bond donors (Lipinski definition) is 1. The molecular weight excluding hydrogens is 392 g/mol. The predicted octanol–water partition coefficient (Wildman–Crippen LogP) is 4.03. The second-order valence-corrected chi connectivity index (χ2v) is 6.88. The monoisotopic (exact) mass is 414 g/mol. The number of anilines is 1. The average Bonchev–Trinajstić information content (AvgIpc) is 3.21. The molecule has 1 aromatic heterocycles. The Labute approximate surface area is 173 Å². The zero-order valence-corrected chi connectivity index (χ0v) is 17.5. The van der Waals surface area contributed by atoms with Crippen molar-refractivity contribution < 1.29 is 23.7 Å². The molecule has 0 radical (unpaired) electrons. The van der Waals surface area contributed by atoms with Gasteiger partial charge in [0, 0.05) is 10.9 Å². The Morgan fingerprint density at radius 3 is 2.17 bits per heavy atom. The predicted molar refractivity (Wildman–Crippen MR) is 113 cm³/mol. The van der Waals surface area contributed by atoms with Gasteiger partial charge in [0.05, 0.1) is 40.6 Å². The summed E-state index contributed by atoms with van der Waals surface area (Å²) in [5, 5.41) is 5.25. The molecule has 0 aliphatic carbocycles. The zero-order chi connectivity index (χ0) is 20.8. The van der Waals surface area contributed by atoms with Gasteiger partial charge in [-0.25, -0.2) is 4.98 Å². The Morgan fingerprint density at radius 1 is 0.897 bits per heavy atom. The summed E-state index contributed by atoms with van der Waals surface area (Å²) in [7, 11) is 6.31. The first-order valence-electron chi connectivity index (χ1n) is 8.76. The van der Waals surface area contributed by atoms with Crippen molar-refractivity contribution in [3.8, 4) is 34.3 Å². The van der Waals surface area contributed by atoms with Crippen LogP contribution in [0.5, 0.6) is 23.0 Å². The number of benzene rings is 2. The third-order valence-electron chi connectivity index (χ3n) is 4.24. The largest absolute Gasteiger partial charge is 0.493 e. The first kappa shape index (κ1) is 20.5. The Balaban J connectivity index is 1.69. The minimum absolute atomic E-state index is 0.162. The number of carbonyl (C=O) groups is 1. The Morgan fingerprint density at radius 2 is 1.52 bits per heavy atom. The molecule has 7 nitrogen and oxygen atoms in total. The van der Waals surface area contributed by atoms with Crippen LogP contribution in [0.1, 0.15) is 5.56 Å². The lowest BCUT2D eigenvalue weighted by Crippen LogP contribution is -2.14. The number of ether oxygens (including phenoxy) is 4. The van der Waals surface area contributed by atoms with E-state index in [0.29, 0.717) is 28.1 Å². The molecule has 0 saturated heterocycles. The molecule has 0 unspecified atom stereocenters. The van der Waals surface area contributed by atoms with E-state index >= 15 is 0 Å². The van der Waals surface area contributed by atoms with E-state index in [4.69, 9.17) is 18.9 Å². The fourth-order valence-electron chi connectivity index (χ4n) is 2.80. The minimum atomic E-state index is -0.162. The van der Waals surface area contributed by atoms with E-state index in [9.17, 15) is 4.79 Å². The maximum atomic E-state index is 12.4. The van der Waals surface area contributed by atoms with Crippen molar-refractivity contribution in [3.05, 3.63) is 47.3 Å². The number of hydrogen-bond acceptors (Lipinski definition) is 7. The van der Waals surface area contributed by atoms with Gasteiger partial charge in [0.15, 0.2) is 28.1 Å². The van der Waals surface area contributed by atoms with Crippen LogP contribution in [0.3, 0.4) is 0 Å². The highest BCUT2D eigenvalue weighted by atomic mass is 32.1. The van der Waals surface area contributed by atoms with Gasteiger partial charge in [-0.15, -0.1) is 11.3 Å². The maximum Gasteiger partial charge on any atom is 0.230 e. The molecule has 29 heavy (non-hydrogen) atoms. The van der Waals surface area contributed by atoms with Crippen LogP contribution in [0.25, 0.3) is 11.3 Å². The Hall–Kier alpha value is -3.26. The molecule has 3 aromatic rings. The molecule has 3 rings (SSSR count). The van der Waals surface area contributed by atoms with Gasteiger partial charge in [0.1, 0.15) is 0 Å². The molecule has 2 aromatic carbocycles. The van der Waals surface area contributed by atoms with Gasteiger partial charge in [0.2, 0.25) is 5.91 Å². The molecule has 0 fully saturated rings. The van der Waals surface area contributed by atoms with Crippen LogP contribution in [0.2, 0.25) is 0 Å². The minimum Gasteiger partial charge on any atom is -0.493 e. The summed E-state index contributed by atoms with van der Waals surface area (Å²) in [5.41, 5.74) is 2.44. The van der Waals surface area contributed by atoms with Gasteiger partial charge in [-0.1, -0.05) is 6.07 Å². The smallest absolute Gasteiger partial charge is 0.230 e. The fourth-order valence-corrected chi connectivity index (χ4v) is 3.53. The van der Waals surface area contributed by atoms with E-state index in [2.05, 4.69) is 10.3 Å². The van der Waals surface area contributed by atoms with Crippen molar-refractivity contribution in [2.24, 2.45) is 0 Å². The quantitative estimate of drug-likeness (QED) is 0.600. The van der Waals surface area contributed by atoms with Crippen LogP contribution in [0.15, 0.2) is 41.8 Å². The van der Waals surface area contributed by atoms with Crippen LogP contribution in [-0.2, 0) is 11.2 Å². The van der Waals surface area contributed by atoms with Crippen LogP contribution in [0, 0.1) is 0 Å². The van der Waals surface area contributed by atoms with Gasteiger partial charge >= 0.3 is 0 Å². The van der Waals surface area contributed by atoms with E-state index in [0.717, 1.165) is 16.8 Å². The zero-order valence-electron chi connectivity index (χ0n) is 16.6. The van der Waals surface area contributed by atoms with Gasteiger partial charge in [0.25, 0.3) is 0 Å². The summed E-state index contributed by atoms with van der Waals surface area (Å²) < 4.78 is 21.1. The van der Waals surface area contributed by atoms with Crippen LogP contribution in [0.4, 0.5) is 5.13 Å². The van der Waals surface area contributed by atoms with Crippen molar-refractivity contribution >= 4 is 22.4 Å². The standard InChI is InChI=1S/C21H22N2O5S/c1-25-16-7-5-13(9-18(16)27-3)10-20(24)23-21-22-15(12-29-21)14-6-8-17(26-2)19(11-14)28-4/h5-9,11-12H,10H2,1-4H3,(H,22,23,24). The van der Waals surface area contributed by atoms with Crippen LogP contribution < -0.4 is 24.3 Å². The van der Waals surface area contributed by atoms with Gasteiger partial charge in [-0.2, -0.15) is 0 Å². The number of amides is 1. The second-order valence-electron chi connectivity index (χ2n) is 6.02. The normalized spacial score (nSPS) is 10.3. The molecule has 1 heterocycles. The number of carbonyl (C=O) groups excluding carboxylic acids is 1. The highest BCUT2D eigenvalue weighted by Gasteiger charge is 2.12. The van der Waals surface area contributed by atoms with Crippen molar-refractivity contribution in [1.82, 2.24) is 4.98 Å². The van der Waals surface area contributed by atoms with Gasteiger partial charge < -0.3 is 24.3 Å². The Bertz CT molecular complexity index is 1000. The summed E-state index contributed by atoms with van der Waals surface area (Å²) in [6.45, 7) is 0. The summed E-state index contributed by atoms with van der Waals surface area (Å²) in [5.74, 6) is 2.32. The average molecular weight is 414 g/mol. The molecule has 1 amide bonds. The summed E-state index contributed by atoms with van der Waals surface area (Å²) in [6, 6.07) is 11.0. The molecule has 1 N–H and O–H groups in total. The first-order chi connectivity index (χ1) is 14.1. The van der Waals surface area contributed by atoms with Crippen molar-refractivity contribution in [3.63, 3.8) is 0 Å². The maximum absolute atomic E-state index is 12.4. The molecule has 0 spiro atoms. The summed E-state index contributed by atoms with van der Waals surface area (Å²) in [4.78, 5) is 16.9. The van der Waals surface area contributed by atoms with Crippen LogP contribution >= 0.6 is 11.3 Å². The van der Waals surface area contributed by atoms with Crippen molar-refractivity contribution in [1.29, 1.82) is 0 Å². The van der Waals surface area contributed by atoms with Crippen LogP contribution in [-0.4, -0.2) is 39.3 Å². The van der Waals surface area contributed by atoms with E-state index in [1.807, 2.05) is 29.6 Å².